The Morgan fingerprint density at radius 3 is 2.75 bits per heavy atom. The highest BCUT2D eigenvalue weighted by molar-refractivity contribution is 9.10. The van der Waals surface area contributed by atoms with Crippen LogP contribution in [0.5, 0.6) is 5.75 Å². The molecule has 0 heterocycles. The molecule has 6 heteroatoms. The number of nitrogen functional groups attached to an aromatic ring is 1. The minimum Gasteiger partial charge on any atom is -0.493 e. The maximum Gasteiger partial charge on any atom is 0.120 e. The zero-order valence-electron chi connectivity index (χ0n) is 10.5. The van der Waals surface area contributed by atoms with Gasteiger partial charge in [0.05, 0.1) is 26.5 Å². The Bertz CT molecular complexity index is 636. The molecule has 2 rings (SSSR count). The van der Waals surface area contributed by atoms with Crippen molar-refractivity contribution in [1.82, 2.24) is 0 Å². The first-order chi connectivity index (χ1) is 9.56. The van der Waals surface area contributed by atoms with Gasteiger partial charge >= 0.3 is 0 Å². The van der Waals surface area contributed by atoms with Crippen LogP contribution in [-0.4, -0.2) is 16.6 Å². The maximum atomic E-state index is 12.1. The summed E-state index contributed by atoms with van der Waals surface area (Å²) in [7, 11) is -1.21. The van der Waals surface area contributed by atoms with Crippen LogP contribution < -0.4 is 10.5 Å². The van der Waals surface area contributed by atoms with Crippen LogP contribution in [-0.2, 0) is 10.8 Å². The van der Waals surface area contributed by atoms with E-state index in [9.17, 15) is 4.21 Å². The van der Waals surface area contributed by atoms with Crippen molar-refractivity contribution in [3.63, 3.8) is 0 Å². The van der Waals surface area contributed by atoms with Crippen molar-refractivity contribution in [2.24, 2.45) is 0 Å². The fraction of sp³-hybridized carbons (Fsp3) is 0.143. The molecular formula is C14H13BrClNO2S. The fourth-order valence-electron chi connectivity index (χ4n) is 1.60. The van der Waals surface area contributed by atoms with Crippen molar-refractivity contribution in [3.8, 4) is 5.75 Å². The van der Waals surface area contributed by atoms with Crippen molar-refractivity contribution in [3.05, 3.63) is 52.0 Å². The van der Waals surface area contributed by atoms with Gasteiger partial charge in [-0.2, -0.15) is 0 Å². The van der Waals surface area contributed by atoms with Crippen LogP contribution in [0.1, 0.15) is 0 Å². The van der Waals surface area contributed by atoms with Gasteiger partial charge in [-0.25, -0.2) is 0 Å². The Morgan fingerprint density at radius 2 is 2.05 bits per heavy atom. The molecular weight excluding hydrogens is 362 g/mol. The number of halogens is 2. The molecule has 0 aliphatic carbocycles. The second kappa shape index (κ2) is 7.11. The standard InChI is InChI=1S/C14H13BrClNO2S/c15-10-2-1-3-12(8-10)19-6-7-20(18)14-5-4-11(17)9-13(14)16/h1-5,8-9H,6-7,17H2. The summed E-state index contributed by atoms with van der Waals surface area (Å²) >= 11 is 9.39. The Labute approximate surface area is 133 Å². The molecule has 0 bridgehead atoms. The molecule has 1 atom stereocenters. The van der Waals surface area contributed by atoms with E-state index >= 15 is 0 Å². The fourth-order valence-corrected chi connectivity index (χ4v) is 3.38. The first-order valence-electron chi connectivity index (χ1n) is 5.88. The maximum absolute atomic E-state index is 12.1. The minimum absolute atomic E-state index is 0.351. The van der Waals surface area contributed by atoms with Crippen molar-refractivity contribution < 1.29 is 8.95 Å². The van der Waals surface area contributed by atoms with Crippen LogP contribution in [0, 0.1) is 0 Å². The van der Waals surface area contributed by atoms with Gasteiger partial charge in [0.2, 0.25) is 0 Å². The highest BCUT2D eigenvalue weighted by Crippen LogP contribution is 2.23. The SMILES string of the molecule is Nc1ccc(S(=O)CCOc2cccc(Br)c2)c(Cl)c1. The van der Waals surface area contributed by atoms with Gasteiger partial charge in [-0.05, 0) is 36.4 Å². The largest absolute Gasteiger partial charge is 0.493 e. The van der Waals surface area contributed by atoms with E-state index in [4.69, 9.17) is 22.1 Å². The summed E-state index contributed by atoms with van der Waals surface area (Å²) in [6.45, 7) is 0.351. The smallest absolute Gasteiger partial charge is 0.120 e. The average Bonchev–Trinajstić information content (AvgIpc) is 2.38. The third-order valence-electron chi connectivity index (χ3n) is 2.53. The molecule has 0 aromatic heterocycles. The molecule has 2 N–H and O–H groups in total. The van der Waals surface area contributed by atoms with Gasteiger partial charge in [-0.15, -0.1) is 0 Å². The van der Waals surface area contributed by atoms with Gasteiger partial charge < -0.3 is 10.5 Å². The lowest BCUT2D eigenvalue weighted by atomic mass is 10.3. The summed E-state index contributed by atoms with van der Waals surface area (Å²) < 4.78 is 18.6. The molecule has 0 radical (unpaired) electrons. The molecule has 0 amide bonds. The highest BCUT2D eigenvalue weighted by atomic mass is 79.9. The quantitative estimate of drug-likeness (QED) is 0.808. The van der Waals surface area contributed by atoms with Crippen LogP contribution in [0.4, 0.5) is 5.69 Å². The lowest BCUT2D eigenvalue weighted by molar-refractivity contribution is 0.342. The van der Waals surface area contributed by atoms with Crippen LogP contribution >= 0.6 is 27.5 Å². The van der Waals surface area contributed by atoms with Crippen LogP contribution in [0.2, 0.25) is 5.02 Å². The van der Waals surface area contributed by atoms with Crippen LogP contribution in [0.15, 0.2) is 51.8 Å². The van der Waals surface area contributed by atoms with E-state index in [1.165, 1.54) is 0 Å². The van der Waals surface area contributed by atoms with E-state index in [1.54, 1.807) is 18.2 Å². The molecule has 0 saturated carbocycles. The van der Waals surface area contributed by atoms with Crippen molar-refractivity contribution in [1.29, 1.82) is 0 Å². The molecule has 0 aliphatic rings. The topological polar surface area (TPSA) is 52.3 Å². The molecule has 1 unspecified atom stereocenters. The second-order valence-corrected chi connectivity index (χ2v) is 6.91. The van der Waals surface area contributed by atoms with Crippen molar-refractivity contribution in [2.75, 3.05) is 18.1 Å². The minimum atomic E-state index is -1.21. The van der Waals surface area contributed by atoms with E-state index in [-0.39, 0.29) is 0 Å². The molecule has 3 nitrogen and oxygen atoms in total. The third-order valence-corrected chi connectivity index (χ3v) is 4.84. The van der Waals surface area contributed by atoms with Gasteiger partial charge in [-0.1, -0.05) is 33.6 Å². The summed E-state index contributed by atoms with van der Waals surface area (Å²) in [6.07, 6.45) is 0. The molecule has 0 saturated heterocycles. The summed E-state index contributed by atoms with van der Waals surface area (Å²) in [5.74, 6) is 1.11. The molecule has 0 fully saturated rings. The first-order valence-corrected chi connectivity index (χ1v) is 8.37. The zero-order valence-corrected chi connectivity index (χ0v) is 13.7. The number of anilines is 1. The van der Waals surface area contributed by atoms with Gasteiger partial charge in [0.1, 0.15) is 12.4 Å². The number of benzene rings is 2. The van der Waals surface area contributed by atoms with E-state index in [1.807, 2.05) is 24.3 Å². The lowest BCUT2D eigenvalue weighted by Gasteiger charge is -2.08. The Hall–Kier alpha value is -1.04. The van der Waals surface area contributed by atoms with E-state index in [2.05, 4.69) is 15.9 Å². The van der Waals surface area contributed by atoms with Gasteiger partial charge in [-0.3, -0.25) is 4.21 Å². The van der Waals surface area contributed by atoms with Crippen LogP contribution in [0.25, 0.3) is 0 Å². The number of ether oxygens (including phenoxy) is 1. The number of hydrogen-bond donors (Lipinski definition) is 1. The number of nitrogens with two attached hydrogens (primary N) is 1. The Kier molecular flexibility index (Phi) is 5.46. The summed E-state index contributed by atoms with van der Waals surface area (Å²) in [5, 5.41) is 0.422. The number of rotatable bonds is 5. The van der Waals surface area contributed by atoms with Crippen LogP contribution in [0.3, 0.4) is 0 Å². The third kappa shape index (κ3) is 4.23. The molecule has 106 valence electrons. The average molecular weight is 375 g/mol. The number of hydrogen-bond acceptors (Lipinski definition) is 3. The first kappa shape index (κ1) is 15.4. The van der Waals surface area contributed by atoms with Gasteiger partial charge in [0, 0.05) is 10.2 Å². The van der Waals surface area contributed by atoms with E-state index in [0.29, 0.717) is 28.0 Å². The van der Waals surface area contributed by atoms with E-state index < -0.39 is 10.8 Å². The molecule has 20 heavy (non-hydrogen) atoms. The Morgan fingerprint density at radius 1 is 1.25 bits per heavy atom. The lowest BCUT2D eigenvalue weighted by Crippen LogP contribution is -2.09. The van der Waals surface area contributed by atoms with E-state index in [0.717, 1.165) is 10.2 Å². The molecule has 0 aliphatic heterocycles. The van der Waals surface area contributed by atoms with Crippen molar-refractivity contribution in [2.45, 2.75) is 4.90 Å². The van der Waals surface area contributed by atoms with Gasteiger partial charge in [0.25, 0.3) is 0 Å². The highest BCUT2D eigenvalue weighted by Gasteiger charge is 2.09. The van der Waals surface area contributed by atoms with Crippen molar-refractivity contribution >= 4 is 44.0 Å². The molecule has 2 aromatic carbocycles. The zero-order chi connectivity index (χ0) is 14.5. The normalized spacial score (nSPS) is 12.1. The summed E-state index contributed by atoms with van der Waals surface area (Å²) in [4.78, 5) is 0.582. The monoisotopic (exact) mass is 373 g/mol. The molecule has 0 spiro atoms. The predicted molar refractivity (Wildman–Crippen MR) is 86.8 cm³/mol. The second-order valence-electron chi connectivity index (χ2n) is 4.05. The predicted octanol–water partition coefficient (Wildman–Crippen LogP) is 3.87. The summed E-state index contributed by atoms with van der Waals surface area (Å²) in [6, 6.07) is 12.5. The van der Waals surface area contributed by atoms with Gasteiger partial charge in [0.15, 0.2) is 0 Å². The molecule has 2 aromatic rings. The summed E-state index contributed by atoms with van der Waals surface area (Å²) in [5.41, 5.74) is 6.16. The Balaban J connectivity index is 1.92.